The summed E-state index contributed by atoms with van der Waals surface area (Å²) in [6.45, 7) is 8.19. The molecule has 0 atom stereocenters. The maximum Gasteiger partial charge on any atom is 0.224 e. The first-order chi connectivity index (χ1) is 18.2. The van der Waals surface area contributed by atoms with Crippen LogP contribution in [-0.2, 0) is 4.79 Å². The average Bonchev–Trinajstić information content (AvgIpc) is 3.60. The summed E-state index contributed by atoms with van der Waals surface area (Å²) >= 11 is 1.73. The van der Waals surface area contributed by atoms with Crippen molar-refractivity contribution < 1.29 is 4.79 Å². The average molecular weight is 523 g/mol. The number of anilines is 1. The number of thiophene rings is 1. The lowest BCUT2D eigenvalue weighted by atomic mass is 9.92. The van der Waals surface area contributed by atoms with E-state index in [2.05, 4.69) is 54.5 Å². The van der Waals surface area contributed by atoms with Crippen LogP contribution < -0.4 is 5.32 Å². The normalized spacial score (nSPS) is 11.9. The van der Waals surface area contributed by atoms with Gasteiger partial charge in [0.25, 0.3) is 0 Å². The smallest absolute Gasteiger partial charge is 0.224 e. The van der Waals surface area contributed by atoms with Crippen molar-refractivity contribution in [3.63, 3.8) is 0 Å². The van der Waals surface area contributed by atoms with E-state index in [-0.39, 0.29) is 11.3 Å². The molecule has 0 saturated carbocycles. The van der Waals surface area contributed by atoms with E-state index in [1.165, 1.54) is 4.88 Å². The fourth-order valence-corrected chi connectivity index (χ4v) is 5.29. The number of aromatic nitrogens is 7. The number of hydrogen-bond acceptors (Lipinski definition) is 7. The van der Waals surface area contributed by atoms with Crippen molar-refractivity contribution in [2.75, 3.05) is 5.32 Å². The number of nitrogens with zero attached hydrogens (tertiary/aromatic N) is 5. The predicted octanol–water partition coefficient (Wildman–Crippen LogP) is 6.37. The molecule has 6 aromatic heterocycles. The molecule has 0 aliphatic rings. The third kappa shape index (κ3) is 4.66. The predicted molar refractivity (Wildman–Crippen MR) is 151 cm³/mol. The van der Waals surface area contributed by atoms with Gasteiger partial charge in [0, 0.05) is 51.5 Å². The molecule has 38 heavy (non-hydrogen) atoms. The zero-order valence-electron chi connectivity index (χ0n) is 21.5. The molecule has 1 amide bonds. The Morgan fingerprint density at radius 2 is 1.87 bits per heavy atom. The van der Waals surface area contributed by atoms with E-state index in [4.69, 9.17) is 4.98 Å². The summed E-state index contributed by atoms with van der Waals surface area (Å²) in [6.07, 6.45) is 7.37. The molecule has 190 valence electrons. The van der Waals surface area contributed by atoms with Gasteiger partial charge in [-0.2, -0.15) is 5.10 Å². The summed E-state index contributed by atoms with van der Waals surface area (Å²) in [6, 6.07) is 10.1. The topological polar surface area (TPSA) is 125 Å². The Labute approximate surface area is 222 Å². The molecule has 0 unspecified atom stereocenters. The van der Waals surface area contributed by atoms with E-state index in [9.17, 15) is 4.79 Å². The number of amides is 1. The molecule has 10 heteroatoms. The molecular formula is C28H26N8OS. The number of H-pyrrole nitrogens is 2. The number of imidazole rings is 1. The molecule has 0 fully saturated rings. The second kappa shape index (κ2) is 9.14. The maximum atomic E-state index is 12.4. The molecule has 0 aromatic carbocycles. The fraction of sp³-hybridized carbons (Fsp3) is 0.214. The Bertz CT molecular complexity index is 1810. The van der Waals surface area contributed by atoms with Gasteiger partial charge < -0.3 is 10.3 Å². The Balaban J connectivity index is 1.36. The van der Waals surface area contributed by atoms with Gasteiger partial charge in [-0.05, 0) is 42.7 Å². The summed E-state index contributed by atoms with van der Waals surface area (Å²) in [5.41, 5.74) is 6.06. The Hall–Kier alpha value is -4.44. The molecule has 0 saturated heterocycles. The highest BCUT2D eigenvalue weighted by Gasteiger charge is 2.19. The lowest BCUT2D eigenvalue weighted by Crippen LogP contribution is -2.19. The largest absolute Gasteiger partial charge is 0.325 e. The van der Waals surface area contributed by atoms with Crippen LogP contribution in [0.25, 0.3) is 55.3 Å². The van der Waals surface area contributed by atoms with Crippen LogP contribution >= 0.6 is 11.3 Å². The van der Waals surface area contributed by atoms with Gasteiger partial charge in [-0.15, -0.1) is 11.3 Å². The van der Waals surface area contributed by atoms with Crippen LogP contribution in [0.2, 0.25) is 0 Å². The second-order valence-electron chi connectivity index (χ2n) is 10.5. The van der Waals surface area contributed by atoms with Crippen LogP contribution in [0.4, 0.5) is 5.69 Å². The summed E-state index contributed by atoms with van der Waals surface area (Å²) in [5.74, 6) is 0.567. The second-order valence-corrected chi connectivity index (χ2v) is 11.8. The molecule has 0 radical (unpaired) electrons. The van der Waals surface area contributed by atoms with Crippen LogP contribution in [0.3, 0.4) is 0 Å². The molecule has 0 spiro atoms. The summed E-state index contributed by atoms with van der Waals surface area (Å²) < 4.78 is 0. The minimum atomic E-state index is -0.0998. The molecule has 0 aliphatic heterocycles. The van der Waals surface area contributed by atoms with Gasteiger partial charge in [0.1, 0.15) is 11.2 Å². The van der Waals surface area contributed by atoms with Gasteiger partial charge >= 0.3 is 0 Å². The zero-order valence-corrected chi connectivity index (χ0v) is 22.3. The lowest BCUT2D eigenvalue weighted by Gasteiger charge is -2.17. The van der Waals surface area contributed by atoms with Gasteiger partial charge in [0.2, 0.25) is 5.91 Å². The van der Waals surface area contributed by atoms with Gasteiger partial charge in [-0.3, -0.25) is 14.9 Å². The zero-order chi connectivity index (χ0) is 26.4. The van der Waals surface area contributed by atoms with Crippen molar-refractivity contribution in [3.8, 4) is 33.1 Å². The van der Waals surface area contributed by atoms with Gasteiger partial charge in [-0.1, -0.05) is 20.8 Å². The first-order valence-corrected chi connectivity index (χ1v) is 13.1. The number of carbonyl (C=O) groups is 1. The molecule has 6 aromatic rings. The highest BCUT2D eigenvalue weighted by Crippen LogP contribution is 2.34. The standard InChI is InChI=1S/C28H26N8OS/c1-15-5-6-21(38-15)19-7-8-30-26-23(19)33-27(34-26)24-20-10-17(13-31-25(20)36-35-24)16-9-18(14-29-12-16)32-22(37)11-28(2,3)4/h5-10,12-14H,11H2,1-4H3,(H,32,37)(H,30,33,34)(H,31,35,36). The minimum absolute atomic E-state index is 0.0438. The molecule has 0 aliphatic carbocycles. The number of hydrogen-bond donors (Lipinski definition) is 3. The monoisotopic (exact) mass is 522 g/mol. The van der Waals surface area contributed by atoms with Crippen molar-refractivity contribution in [2.24, 2.45) is 5.41 Å². The fourth-order valence-electron chi connectivity index (χ4n) is 4.40. The van der Waals surface area contributed by atoms with Gasteiger partial charge in [0.15, 0.2) is 17.1 Å². The van der Waals surface area contributed by atoms with E-state index in [1.807, 2.05) is 39.0 Å². The summed E-state index contributed by atoms with van der Waals surface area (Å²) in [5, 5.41) is 11.3. The number of rotatable bonds is 5. The van der Waals surface area contributed by atoms with Crippen LogP contribution in [0.15, 0.2) is 55.1 Å². The van der Waals surface area contributed by atoms with E-state index < -0.39 is 0 Å². The van der Waals surface area contributed by atoms with E-state index >= 15 is 0 Å². The van der Waals surface area contributed by atoms with Crippen molar-refractivity contribution in [3.05, 3.63) is 60.0 Å². The Morgan fingerprint density at radius 1 is 1.03 bits per heavy atom. The van der Waals surface area contributed by atoms with Crippen molar-refractivity contribution in [1.29, 1.82) is 0 Å². The first kappa shape index (κ1) is 23.9. The first-order valence-electron chi connectivity index (χ1n) is 12.2. The number of pyridine rings is 3. The summed E-state index contributed by atoms with van der Waals surface area (Å²) in [7, 11) is 0. The van der Waals surface area contributed by atoms with Gasteiger partial charge in [-0.25, -0.2) is 15.0 Å². The SMILES string of the molecule is Cc1ccc(-c2ccnc3[nH]c(-c4n[nH]c5ncc(-c6cncc(NC(=O)CC(C)(C)C)c6)cc45)nc23)s1. The molecule has 6 rings (SSSR count). The third-order valence-electron chi connectivity index (χ3n) is 6.08. The van der Waals surface area contributed by atoms with E-state index in [1.54, 1.807) is 36.1 Å². The number of aryl methyl sites for hydroxylation is 1. The molecular weight excluding hydrogens is 496 g/mol. The Morgan fingerprint density at radius 3 is 2.66 bits per heavy atom. The van der Waals surface area contributed by atoms with Crippen LogP contribution in [0.1, 0.15) is 32.1 Å². The van der Waals surface area contributed by atoms with E-state index in [0.29, 0.717) is 34.9 Å². The van der Waals surface area contributed by atoms with Crippen molar-refractivity contribution >= 4 is 45.1 Å². The minimum Gasteiger partial charge on any atom is -0.325 e. The molecule has 3 N–H and O–H groups in total. The maximum absolute atomic E-state index is 12.4. The molecule has 6 heterocycles. The number of fused-ring (bicyclic) bond motifs is 2. The van der Waals surface area contributed by atoms with E-state index in [0.717, 1.165) is 32.5 Å². The van der Waals surface area contributed by atoms with Gasteiger partial charge in [0.05, 0.1) is 17.3 Å². The highest BCUT2D eigenvalue weighted by atomic mass is 32.1. The lowest BCUT2D eigenvalue weighted by molar-refractivity contribution is -0.117. The number of nitrogens with one attached hydrogen (secondary N) is 3. The molecule has 9 nitrogen and oxygen atoms in total. The highest BCUT2D eigenvalue weighted by molar-refractivity contribution is 7.15. The van der Waals surface area contributed by atoms with Crippen LogP contribution in [-0.4, -0.2) is 41.0 Å². The summed E-state index contributed by atoms with van der Waals surface area (Å²) in [4.78, 5) is 36.4. The number of aromatic amines is 2. The number of carbonyl (C=O) groups excluding carboxylic acids is 1. The van der Waals surface area contributed by atoms with Crippen LogP contribution in [0.5, 0.6) is 0 Å². The van der Waals surface area contributed by atoms with Crippen molar-refractivity contribution in [2.45, 2.75) is 34.1 Å². The van der Waals surface area contributed by atoms with Crippen LogP contribution in [0, 0.1) is 12.3 Å². The molecule has 0 bridgehead atoms. The van der Waals surface area contributed by atoms with Crippen molar-refractivity contribution in [1.82, 2.24) is 35.1 Å². The third-order valence-corrected chi connectivity index (χ3v) is 7.11. The quantitative estimate of drug-likeness (QED) is 0.242. The Kier molecular flexibility index (Phi) is 5.76.